The predicted octanol–water partition coefficient (Wildman–Crippen LogP) is 2.78. The number of ether oxygens (including phenoxy) is 2. The molecule has 2 atom stereocenters. The van der Waals surface area contributed by atoms with Crippen LogP contribution < -0.4 is 15.0 Å². The Morgan fingerprint density at radius 1 is 1.10 bits per heavy atom. The van der Waals surface area contributed by atoms with E-state index in [0.29, 0.717) is 17.9 Å². The molecule has 7 heteroatoms. The van der Waals surface area contributed by atoms with Gasteiger partial charge < -0.3 is 19.7 Å². The van der Waals surface area contributed by atoms with Crippen LogP contribution in [0.25, 0.3) is 0 Å². The first-order valence-corrected chi connectivity index (χ1v) is 9.82. The number of methoxy groups -OCH3 is 2. The molecular formula is C23H26N2O5. The summed E-state index contributed by atoms with van der Waals surface area (Å²) in [6.07, 6.45) is 0.604. The second kappa shape index (κ2) is 9.43. The van der Waals surface area contributed by atoms with E-state index in [-0.39, 0.29) is 24.8 Å². The first-order valence-electron chi connectivity index (χ1n) is 9.82. The number of aryl methyl sites for hydroxylation is 1. The molecule has 7 nitrogen and oxygen atoms in total. The van der Waals surface area contributed by atoms with E-state index in [1.807, 2.05) is 55.5 Å². The van der Waals surface area contributed by atoms with Crippen LogP contribution in [0.4, 0.5) is 5.69 Å². The average Bonchev–Trinajstić information content (AvgIpc) is 2.77. The Morgan fingerprint density at radius 2 is 1.80 bits per heavy atom. The average molecular weight is 410 g/mol. The number of nitrogens with one attached hydrogen (secondary N) is 1. The first-order chi connectivity index (χ1) is 14.5. The van der Waals surface area contributed by atoms with Crippen molar-refractivity contribution >= 4 is 23.5 Å². The number of piperidine rings is 1. The molecule has 0 radical (unpaired) electrons. The lowest BCUT2D eigenvalue weighted by atomic mass is 9.82. The SMILES string of the molecule is COC(=O)CNC(=O)[C@@H]1CCC(=O)N(c2ccc(C)cc2)[C@@H]1c1ccccc1OC. The molecule has 2 aromatic rings. The van der Waals surface area contributed by atoms with Crippen LogP contribution in [0.3, 0.4) is 0 Å². The third-order valence-corrected chi connectivity index (χ3v) is 5.34. The van der Waals surface area contributed by atoms with E-state index in [1.165, 1.54) is 7.11 Å². The number of hydrogen-bond acceptors (Lipinski definition) is 5. The van der Waals surface area contributed by atoms with Gasteiger partial charge in [0, 0.05) is 17.7 Å². The Morgan fingerprint density at radius 3 is 2.47 bits per heavy atom. The number of carbonyl (C=O) groups excluding carboxylic acids is 3. The summed E-state index contributed by atoms with van der Waals surface area (Å²) >= 11 is 0. The Bertz CT molecular complexity index is 925. The van der Waals surface area contributed by atoms with Crippen molar-refractivity contribution in [3.8, 4) is 5.75 Å². The lowest BCUT2D eigenvalue weighted by Gasteiger charge is -2.41. The molecule has 1 fully saturated rings. The van der Waals surface area contributed by atoms with Crippen molar-refractivity contribution in [2.75, 3.05) is 25.7 Å². The number of nitrogens with zero attached hydrogens (tertiary/aromatic N) is 1. The molecule has 158 valence electrons. The molecule has 0 bridgehead atoms. The summed E-state index contributed by atoms with van der Waals surface area (Å²) in [5.74, 6) is -0.850. The van der Waals surface area contributed by atoms with Crippen molar-refractivity contribution < 1.29 is 23.9 Å². The van der Waals surface area contributed by atoms with Crippen LogP contribution in [-0.2, 0) is 19.1 Å². The van der Waals surface area contributed by atoms with E-state index in [9.17, 15) is 14.4 Å². The molecule has 2 aromatic carbocycles. The molecule has 3 rings (SSSR count). The molecule has 1 heterocycles. The normalized spacial score (nSPS) is 18.6. The summed E-state index contributed by atoms with van der Waals surface area (Å²) in [6, 6.07) is 14.4. The fraction of sp³-hybridized carbons (Fsp3) is 0.348. The third kappa shape index (κ3) is 4.45. The van der Waals surface area contributed by atoms with Gasteiger partial charge in [-0.3, -0.25) is 14.4 Å². The van der Waals surface area contributed by atoms with Crippen molar-refractivity contribution in [2.24, 2.45) is 5.92 Å². The zero-order chi connectivity index (χ0) is 21.7. The van der Waals surface area contributed by atoms with E-state index in [2.05, 4.69) is 10.1 Å². The number of esters is 1. The van der Waals surface area contributed by atoms with Gasteiger partial charge in [-0.2, -0.15) is 0 Å². The highest BCUT2D eigenvalue weighted by Crippen LogP contribution is 2.43. The summed E-state index contributed by atoms with van der Waals surface area (Å²) in [5.41, 5.74) is 2.53. The lowest BCUT2D eigenvalue weighted by molar-refractivity contribution is -0.142. The molecule has 1 aliphatic heterocycles. The van der Waals surface area contributed by atoms with Gasteiger partial charge in [-0.05, 0) is 31.5 Å². The Hall–Kier alpha value is -3.35. The zero-order valence-corrected chi connectivity index (χ0v) is 17.4. The van der Waals surface area contributed by atoms with Crippen LogP contribution >= 0.6 is 0 Å². The van der Waals surface area contributed by atoms with Gasteiger partial charge in [-0.1, -0.05) is 35.9 Å². The number of hydrogen-bond donors (Lipinski definition) is 1. The summed E-state index contributed by atoms with van der Waals surface area (Å²) in [6.45, 7) is 1.76. The van der Waals surface area contributed by atoms with Gasteiger partial charge in [0.2, 0.25) is 11.8 Å². The molecule has 2 amide bonds. The van der Waals surface area contributed by atoms with Gasteiger partial charge in [-0.15, -0.1) is 0 Å². The van der Waals surface area contributed by atoms with Crippen LogP contribution in [0.15, 0.2) is 48.5 Å². The molecule has 1 aliphatic rings. The molecule has 1 N–H and O–H groups in total. The van der Waals surface area contributed by atoms with Gasteiger partial charge >= 0.3 is 5.97 Å². The van der Waals surface area contributed by atoms with Crippen molar-refractivity contribution in [2.45, 2.75) is 25.8 Å². The predicted molar refractivity (Wildman–Crippen MR) is 112 cm³/mol. The number of benzene rings is 2. The largest absolute Gasteiger partial charge is 0.496 e. The van der Waals surface area contributed by atoms with E-state index in [0.717, 1.165) is 11.1 Å². The van der Waals surface area contributed by atoms with E-state index in [4.69, 9.17) is 4.74 Å². The van der Waals surface area contributed by atoms with Crippen molar-refractivity contribution in [3.63, 3.8) is 0 Å². The summed E-state index contributed by atoms with van der Waals surface area (Å²) in [5, 5.41) is 2.64. The smallest absolute Gasteiger partial charge is 0.325 e. The van der Waals surface area contributed by atoms with Crippen molar-refractivity contribution in [1.29, 1.82) is 0 Å². The summed E-state index contributed by atoms with van der Waals surface area (Å²) in [7, 11) is 2.83. The lowest BCUT2D eigenvalue weighted by Crippen LogP contribution is -2.49. The molecule has 30 heavy (non-hydrogen) atoms. The second-order valence-electron chi connectivity index (χ2n) is 7.23. The maximum absolute atomic E-state index is 13.0. The van der Waals surface area contributed by atoms with Gasteiger partial charge in [0.15, 0.2) is 0 Å². The number of amides is 2. The minimum Gasteiger partial charge on any atom is -0.496 e. The molecule has 0 aromatic heterocycles. The highest BCUT2D eigenvalue weighted by atomic mass is 16.5. The third-order valence-electron chi connectivity index (χ3n) is 5.34. The fourth-order valence-electron chi connectivity index (χ4n) is 3.81. The minimum absolute atomic E-state index is 0.0632. The highest BCUT2D eigenvalue weighted by Gasteiger charge is 2.42. The van der Waals surface area contributed by atoms with Gasteiger partial charge in [0.1, 0.15) is 12.3 Å². The quantitative estimate of drug-likeness (QED) is 0.741. The minimum atomic E-state index is -0.567. The Labute approximate surface area is 176 Å². The molecule has 0 unspecified atom stereocenters. The van der Waals surface area contributed by atoms with Crippen LogP contribution in [0.2, 0.25) is 0 Å². The number of rotatable bonds is 6. The maximum Gasteiger partial charge on any atom is 0.325 e. The standard InChI is InChI=1S/C23H26N2O5/c1-15-8-10-16(11-9-15)25-20(26)13-12-18(23(28)24-14-21(27)30-3)22(25)17-6-4-5-7-19(17)29-2/h4-11,18,22H,12-14H2,1-3H3,(H,24,28)/t18-,22-/m1/s1. The van der Waals surface area contributed by atoms with Crippen molar-refractivity contribution in [3.05, 3.63) is 59.7 Å². The van der Waals surface area contributed by atoms with E-state index < -0.39 is 17.9 Å². The molecule has 0 saturated carbocycles. The summed E-state index contributed by atoms with van der Waals surface area (Å²) < 4.78 is 10.2. The fourth-order valence-corrected chi connectivity index (χ4v) is 3.81. The molecule has 0 spiro atoms. The Balaban J connectivity index is 2.05. The highest BCUT2D eigenvalue weighted by molar-refractivity contribution is 5.98. The van der Waals surface area contributed by atoms with Gasteiger partial charge in [0.05, 0.1) is 26.2 Å². The molecular weight excluding hydrogens is 384 g/mol. The summed E-state index contributed by atoms with van der Waals surface area (Å²) in [4.78, 5) is 39.2. The Kier molecular flexibility index (Phi) is 6.72. The number of carbonyl (C=O) groups is 3. The molecule has 1 saturated heterocycles. The van der Waals surface area contributed by atoms with Crippen LogP contribution in [0.5, 0.6) is 5.75 Å². The monoisotopic (exact) mass is 410 g/mol. The van der Waals surface area contributed by atoms with Gasteiger partial charge in [0.25, 0.3) is 0 Å². The number of para-hydroxylation sites is 1. The topological polar surface area (TPSA) is 84.9 Å². The second-order valence-corrected chi connectivity index (χ2v) is 7.23. The maximum atomic E-state index is 13.0. The first kappa shape index (κ1) is 21.4. The zero-order valence-electron chi connectivity index (χ0n) is 17.4. The van der Waals surface area contributed by atoms with Crippen LogP contribution in [0.1, 0.15) is 30.0 Å². The number of anilines is 1. The van der Waals surface area contributed by atoms with Gasteiger partial charge in [-0.25, -0.2) is 0 Å². The van der Waals surface area contributed by atoms with Crippen LogP contribution in [0, 0.1) is 12.8 Å². The van der Waals surface area contributed by atoms with Crippen LogP contribution in [-0.4, -0.2) is 38.5 Å². The molecule has 0 aliphatic carbocycles. The van der Waals surface area contributed by atoms with E-state index >= 15 is 0 Å². The van der Waals surface area contributed by atoms with E-state index in [1.54, 1.807) is 12.0 Å². The van der Waals surface area contributed by atoms with Crippen molar-refractivity contribution in [1.82, 2.24) is 5.32 Å².